The lowest BCUT2D eigenvalue weighted by molar-refractivity contribution is -0.0465. The molecule has 0 spiro atoms. The van der Waals surface area contributed by atoms with Gasteiger partial charge in [0.05, 0.1) is 5.02 Å². The molecule has 1 nitrogen and oxygen atoms in total. The van der Waals surface area contributed by atoms with E-state index < -0.39 is 0 Å². The van der Waals surface area contributed by atoms with Crippen LogP contribution in [0.4, 0.5) is 4.39 Å². The van der Waals surface area contributed by atoms with Gasteiger partial charge in [0.1, 0.15) is 5.82 Å². The van der Waals surface area contributed by atoms with Gasteiger partial charge >= 0.3 is 0 Å². The Bertz CT molecular complexity index is 516. The van der Waals surface area contributed by atoms with E-state index in [9.17, 15) is 4.39 Å². The molecular formula is C18H23ClFN. The highest BCUT2D eigenvalue weighted by Gasteiger charge is 2.49. The molecule has 2 N–H and O–H groups in total. The molecule has 1 aromatic carbocycles. The van der Waals surface area contributed by atoms with E-state index >= 15 is 0 Å². The van der Waals surface area contributed by atoms with E-state index in [1.54, 1.807) is 6.07 Å². The van der Waals surface area contributed by atoms with Gasteiger partial charge in [-0.3, -0.25) is 0 Å². The zero-order chi connectivity index (χ0) is 14.6. The van der Waals surface area contributed by atoms with E-state index in [0.717, 1.165) is 23.7 Å². The van der Waals surface area contributed by atoms with Crippen LogP contribution < -0.4 is 5.73 Å². The van der Waals surface area contributed by atoms with E-state index in [2.05, 4.69) is 0 Å². The van der Waals surface area contributed by atoms with Crippen LogP contribution in [0.2, 0.25) is 5.02 Å². The highest BCUT2D eigenvalue weighted by molar-refractivity contribution is 6.30. The molecule has 4 fully saturated rings. The van der Waals surface area contributed by atoms with Gasteiger partial charge in [-0.1, -0.05) is 23.7 Å². The van der Waals surface area contributed by atoms with Crippen LogP contribution in [-0.2, 0) is 6.42 Å². The topological polar surface area (TPSA) is 26.0 Å². The van der Waals surface area contributed by atoms with Gasteiger partial charge in [0.2, 0.25) is 0 Å². The third-order valence-corrected chi connectivity index (χ3v) is 6.57. The van der Waals surface area contributed by atoms with Gasteiger partial charge in [-0.2, -0.15) is 0 Å². The number of rotatable bonds is 3. The Morgan fingerprint density at radius 3 is 2.33 bits per heavy atom. The highest BCUT2D eigenvalue weighted by Crippen LogP contribution is 2.57. The van der Waals surface area contributed by atoms with Crippen molar-refractivity contribution in [2.24, 2.45) is 35.3 Å². The van der Waals surface area contributed by atoms with Crippen LogP contribution in [0, 0.1) is 35.4 Å². The molecule has 5 rings (SSSR count). The molecule has 4 bridgehead atoms. The lowest BCUT2D eigenvalue weighted by Crippen LogP contribution is -2.52. The number of halogens is 2. The average molecular weight is 308 g/mol. The maximum absolute atomic E-state index is 14.1. The van der Waals surface area contributed by atoms with Crippen LogP contribution in [-0.4, -0.2) is 6.04 Å². The van der Waals surface area contributed by atoms with Crippen LogP contribution in [0.15, 0.2) is 18.2 Å². The first-order chi connectivity index (χ1) is 10.1. The van der Waals surface area contributed by atoms with Crippen LogP contribution in [0.5, 0.6) is 0 Å². The predicted molar refractivity (Wildman–Crippen MR) is 83.6 cm³/mol. The zero-order valence-corrected chi connectivity index (χ0v) is 13.0. The fraction of sp³-hybridized carbons (Fsp3) is 0.667. The van der Waals surface area contributed by atoms with Crippen LogP contribution >= 0.6 is 11.6 Å². The molecular weight excluding hydrogens is 285 g/mol. The monoisotopic (exact) mass is 307 g/mol. The van der Waals surface area contributed by atoms with Crippen molar-refractivity contribution in [1.82, 2.24) is 0 Å². The normalized spacial score (nSPS) is 38.7. The molecule has 4 saturated carbocycles. The summed E-state index contributed by atoms with van der Waals surface area (Å²) in [6.45, 7) is 0. The lowest BCUT2D eigenvalue weighted by Gasteiger charge is -2.56. The Labute approximate surface area is 131 Å². The maximum atomic E-state index is 14.1. The van der Waals surface area contributed by atoms with E-state index in [0.29, 0.717) is 17.9 Å². The van der Waals surface area contributed by atoms with Gasteiger partial charge in [-0.05, 0) is 79.7 Å². The van der Waals surface area contributed by atoms with Crippen molar-refractivity contribution < 1.29 is 4.39 Å². The Balaban J connectivity index is 1.52. The van der Waals surface area contributed by atoms with Crippen LogP contribution in [0.25, 0.3) is 0 Å². The first-order valence-electron chi connectivity index (χ1n) is 8.30. The summed E-state index contributed by atoms with van der Waals surface area (Å²) in [5, 5.41) is 0.213. The fourth-order valence-corrected chi connectivity index (χ4v) is 5.96. The molecule has 0 amide bonds. The second-order valence-electron chi connectivity index (χ2n) is 7.59. The molecule has 1 unspecified atom stereocenters. The minimum absolute atomic E-state index is 0.0768. The van der Waals surface area contributed by atoms with Gasteiger partial charge < -0.3 is 5.73 Å². The number of benzene rings is 1. The first-order valence-corrected chi connectivity index (χ1v) is 8.68. The van der Waals surface area contributed by atoms with E-state index in [4.69, 9.17) is 17.3 Å². The van der Waals surface area contributed by atoms with E-state index in [1.165, 1.54) is 32.1 Å². The van der Waals surface area contributed by atoms with Gasteiger partial charge in [0.25, 0.3) is 0 Å². The number of hydrogen-bond acceptors (Lipinski definition) is 1. The van der Waals surface area contributed by atoms with Crippen molar-refractivity contribution in [2.45, 2.75) is 44.6 Å². The van der Waals surface area contributed by atoms with Gasteiger partial charge in [-0.25, -0.2) is 4.39 Å². The van der Waals surface area contributed by atoms with Gasteiger partial charge in [-0.15, -0.1) is 0 Å². The van der Waals surface area contributed by atoms with Crippen molar-refractivity contribution in [3.8, 4) is 0 Å². The smallest absolute Gasteiger partial charge is 0.145 e. The second-order valence-corrected chi connectivity index (χ2v) is 8.00. The van der Waals surface area contributed by atoms with E-state index in [-0.39, 0.29) is 16.9 Å². The van der Waals surface area contributed by atoms with Crippen molar-refractivity contribution in [3.05, 3.63) is 34.6 Å². The molecule has 0 aromatic heterocycles. The highest BCUT2D eigenvalue weighted by atomic mass is 35.5. The van der Waals surface area contributed by atoms with Gasteiger partial charge in [0, 0.05) is 6.04 Å². The quantitative estimate of drug-likeness (QED) is 0.879. The molecule has 3 heteroatoms. The number of hydrogen-bond donors (Lipinski definition) is 1. The minimum Gasteiger partial charge on any atom is -0.327 e. The summed E-state index contributed by atoms with van der Waals surface area (Å²) in [5.74, 6) is 3.81. The van der Waals surface area contributed by atoms with Crippen molar-refractivity contribution >= 4 is 11.6 Å². The first kappa shape index (κ1) is 14.0. The molecule has 0 saturated heterocycles. The molecule has 114 valence electrons. The molecule has 4 aliphatic carbocycles. The Morgan fingerprint density at radius 2 is 1.71 bits per heavy atom. The zero-order valence-electron chi connectivity index (χ0n) is 12.3. The molecule has 0 aliphatic heterocycles. The fourth-order valence-electron chi connectivity index (χ4n) is 5.76. The molecule has 0 radical (unpaired) electrons. The van der Waals surface area contributed by atoms with Gasteiger partial charge in [0.15, 0.2) is 0 Å². The largest absolute Gasteiger partial charge is 0.327 e. The molecule has 0 heterocycles. The summed E-state index contributed by atoms with van der Waals surface area (Å²) in [4.78, 5) is 0. The van der Waals surface area contributed by atoms with E-state index in [1.807, 2.05) is 12.1 Å². The average Bonchev–Trinajstić information content (AvgIpc) is 2.42. The van der Waals surface area contributed by atoms with Crippen molar-refractivity contribution in [2.75, 3.05) is 0 Å². The second kappa shape index (κ2) is 5.24. The molecule has 1 aromatic rings. The summed E-state index contributed by atoms with van der Waals surface area (Å²) in [5.41, 5.74) is 7.22. The lowest BCUT2D eigenvalue weighted by atomic mass is 9.50. The van der Waals surface area contributed by atoms with Crippen LogP contribution in [0.3, 0.4) is 0 Å². The number of nitrogens with two attached hydrogens (primary N) is 1. The Morgan fingerprint density at radius 1 is 1.10 bits per heavy atom. The summed E-state index contributed by atoms with van der Waals surface area (Å²) < 4.78 is 14.1. The van der Waals surface area contributed by atoms with Crippen molar-refractivity contribution in [1.29, 1.82) is 0 Å². The summed E-state index contributed by atoms with van der Waals surface area (Å²) >= 11 is 5.89. The molecule has 21 heavy (non-hydrogen) atoms. The van der Waals surface area contributed by atoms with Crippen molar-refractivity contribution in [3.63, 3.8) is 0 Å². The third kappa shape index (κ3) is 2.41. The molecule has 4 aliphatic rings. The third-order valence-electron chi connectivity index (χ3n) is 6.28. The maximum Gasteiger partial charge on any atom is 0.145 e. The summed E-state index contributed by atoms with van der Waals surface area (Å²) in [6.07, 6.45) is 7.54. The standard InChI is InChI=1S/C18H23ClFN/c19-15-3-1-2-12(18(15)20)9-16(21)17-13-5-10-4-11(7-13)8-14(17)6-10/h1-3,10-11,13-14,16-17H,4-9,21H2. The molecule has 1 atom stereocenters. The predicted octanol–water partition coefficient (Wildman–Crippen LogP) is 4.42. The minimum atomic E-state index is -0.279. The summed E-state index contributed by atoms with van der Waals surface area (Å²) in [7, 11) is 0. The summed E-state index contributed by atoms with van der Waals surface area (Å²) in [6, 6.07) is 5.34. The Hall–Kier alpha value is -0.600. The van der Waals surface area contributed by atoms with Crippen LogP contribution in [0.1, 0.15) is 37.7 Å². The SMILES string of the molecule is NC(Cc1cccc(Cl)c1F)C1C2CC3CC(C2)CC1C3. The Kier molecular flexibility index (Phi) is 3.50.